The Hall–Kier alpha value is -1.75. The summed E-state index contributed by atoms with van der Waals surface area (Å²) in [5, 5.41) is 4.16. The Morgan fingerprint density at radius 1 is 1.17 bits per heavy atom. The van der Waals surface area contributed by atoms with Crippen LogP contribution < -0.4 is 9.47 Å². The summed E-state index contributed by atoms with van der Waals surface area (Å²) in [5.41, 5.74) is 1.92. The van der Waals surface area contributed by atoms with Crippen LogP contribution in [0.1, 0.15) is 5.56 Å². The fourth-order valence-electron chi connectivity index (χ4n) is 2.35. The highest BCUT2D eigenvalue weighted by Gasteiger charge is 2.39. The van der Waals surface area contributed by atoms with E-state index in [1.54, 1.807) is 14.2 Å². The molecule has 0 radical (unpaired) electrons. The lowest BCUT2D eigenvalue weighted by Gasteiger charge is -2.11. The molecule has 0 spiro atoms. The molecule has 2 heterocycles. The van der Waals surface area contributed by atoms with Crippen LogP contribution in [0.25, 0.3) is 0 Å². The van der Waals surface area contributed by atoms with Crippen molar-refractivity contribution < 1.29 is 19.0 Å². The van der Waals surface area contributed by atoms with Crippen molar-refractivity contribution in [2.45, 2.75) is 6.10 Å². The van der Waals surface area contributed by atoms with Crippen LogP contribution in [0.5, 0.6) is 11.5 Å². The van der Waals surface area contributed by atoms with Gasteiger partial charge in [-0.15, -0.1) is 0 Å². The lowest BCUT2D eigenvalue weighted by molar-refractivity contribution is 0.0558. The molecule has 1 fully saturated rings. The van der Waals surface area contributed by atoms with E-state index in [1.807, 2.05) is 18.2 Å². The molecule has 96 valence electrons. The second-order valence-corrected chi connectivity index (χ2v) is 4.33. The second kappa shape index (κ2) is 4.49. The molecule has 3 rings (SSSR count). The molecule has 18 heavy (non-hydrogen) atoms. The van der Waals surface area contributed by atoms with E-state index < -0.39 is 0 Å². The van der Waals surface area contributed by atoms with E-state index in [4.69, 9.17) is 19.0 Å². The minimum atomic E-state index is 0.0631. The quantitative estimate of drug-likeness (QED) is 0.813. The lowest BCUT2D eigenvalue weighted by Crippen LogP contribution is -2.21. The first-order valence-corrected chi connectivity index (χ1v) is 5.87. The molecule has 1 aromatic carbocycles. The number of ether oxygens (including phenoxy) is 3. The Morgan fingerprint density at radius 2 is 2.00 bits per heavy atom. The maximum Gasteiger partial charge on any atom is 0.161 e. The molecule has 0 aliphatic carbocycles. The van der Waals surface area contributed by atoms with E-state index in [9.17, 15) is 0 Å². The van der Waals surface area contributed by atoms with E-state index >= 15 is 0 Å². The van der Waals surface area contributed by atoms with Crippen molar-refractivity contribution in [2.75, 3.05) is 27.4 Å². The summed E-state index contributed by atoms with van der Waals surface area (Å²) in [4.78, 5) is 5.36. The zero-order valence-electron chi connectivity index (χ0n) is 10.4. The zero-order valence-corrected chi connectivity index (χ0v) is 10.4. The van der Waals surface area contributed by atoms with Gasteiger partial charge in [0.1, 0.15) is 0 Å². The first-order valence-electron chi connectivity index (χ1n) is 5.87. The molecule has 0 saturated carbocycles. The SMILES string of the molecule is COc1ccc(C2=NO[C@@H]3COC[C@H]23)cc1OC. The largest absolute Gasteiger partial charge is 0.493 e. The van der Waals surface area contributed by atoms with E-state index in [2.05, 4.69) is 5.16 Å². The smallest absolute Gasteiger partial charge is 0.161 e. The van der Waals surface area contributed by atoms with Crippen molar-refractivity contribution >= 4 is 5.71 Å². The number of fused-ring (bicyclic) bond motifs is 1. The molecule has 2 aliphatic rings. The maximum atomic E-state index is 5.40. The number of rotatable bonds is 3. The summed E-state index contributed by atoms with van der Waals surface area (Å²) >= 11 is 0. The Bertz CT molecular complexity index is 486. The van der Waals surface area contributed by atoms with Gasteiger partial charge in [0.15, 0.2) is 17.6 Å². The molecule has 0 unspecified atom stereocenters. The van der Waals surface area contributed by atoms with Gasteiger partial charge in [-0.2, -0.15) is 0 Å². The van der Waals surface area contributed by atoms with Crippen molar-refractivity contribution in [3.63, 3.8) is 0 Å². The number of methoxy groups -OCH3 is 2. The third-order valence-electron chi connectivity index (χ3n) is 3.35. The fraction of sp³-hybridized carbons (Fsp3) is 0.462. The van der Waals surface area contributed by atoms with Gasteiger partial charge in [0, 0.05) is 5.56 Å². The lowest BCUT2D eigenvalue weighted by atomic mass is 9.95. The normalized spacial score (nSPS) is 25.3. The average Bonchev–Trinajstić information content (AvgIpc) is 3.00. The van der Waals surface area contributed by atoms with Gasteiger partial charge in [-0.25, -0.2) is 0 Å². The van der Waals surface area contributed by atoms with Crippen LogP contribution in [0.15, 0.2) is 23.4 Å². The van der Waals surface area contributed by atoms with Crippen LogP contribution in [-0.4, -0.2) is 39.2 Å². The Labute approximate surface area is 105 Å². The van der Waals surface area contributed by atoms with Gasteiger partial charge in [0.05, 0.1) is 39.1 Å². The van der Waals surface area contributed by atoms with Crippen LogP contribution in [0, 0.1) is 5.92 Å². The first-order chi connectivity index (χ1) is 8.83. The molecule has 2 atom stereocenters. The maximum absolute atomic E-state index is 5.40. The third kappa shape index (κ3) is 1.71. The molecular formula is C13H15NO4. The van der Waals surface area contributed by atoms with Gasteiger partial charge in [0.2, 0.25) is 0 Å². The van der Waals surface area contributed by atoms with Gasteiger partial charge in [-0.05, 0) is 18.2 Å². The summed E-state index contributed by atoms with van der Waals surface area (Å²) in [7, 11) is 3.24. The summed E-state index contributed by atoms with van der Waals surface area (Å²) in [6.07, 6.45) is 0.0631. The zero-order chi connectivity index (χ0) is 12.5. The molecule has 1 saturated heterocycles. The van der Waals surface area contributed by atoms with E-state index in [1.165, 1.54) is 0 Å². The van der Waals surface area contributed by atoms with Crippen molar-refractivity contribution in [3.8, 4) is 11.5 Å². The van der Waals surface area contributed by atoms with Crippen LogP contribution in [0.3, 0.4) is 0 Å². The average molecular weight is 249 g/mol. The second-order valence-electron chi connectivity index (χ2n) is 4.33. The number of hydrogen-bond acceptors (Lipinski definition) is 5. The number of hydrogen-bond donors (Lipinski definition) is 0. The Morgan fingerprint density at radius 3 is 2.78 bits per heavy atom. The highest BCUT2D eigenvalue weighted by Crippen LogP contribution is 2.33. The monoisotopic (exact) mass is 249 g/mol. The highest BCUT2D eigenvalue weighted by atomic mass is 16.7. The topological polar surface area (TPSA) is 49.3 Å². The minimum Gasteiger partial charge on any atom is -0.493 e. The highest BCUT2D eigenvalue weighted by molar-refractivity contribution is 6.03. The van der Waals surface area contributed by atoms with Crippen LogP contribution in [0.4, 0.5) is 0 Å². The van der Waals surface area contributed by atoms with Gasteiger partial charge in [0.25, 0.3) is 0 Å². The molecule has 1 aromatic rings. The van der Waals surface area contributed by atoms with Crippen molar-refractivity contribution in [2.24, 2.45) is 11.1 Å². The molecule has 5 nitrogen and oxygen atoms in total. The van der Waals surface area contributed by atoms with E-state index in [0.717, 1.165) is 11.3 Å². The molecular weight excluding hydrogens is 234 g/mol. The van der Waals surface area contributed by atoms with Crippen molar-refractivity contribution in [1.29, 1.82) is 0 Å². The van der Waals surface area contributed by atoms with Gasteiger partial charge < -0.3 is 19.0 Å². The number of oxime groups is 1. The summed E-state index contributed by atoms with van der Waals surface area (Å²) in [6.45, 7) is 1.28. The number of benzene rings is 1. The van der Waals surface area contributed by atoms with E-state index in [-0.39, 0.29) is 12.0 Å². The molecule has 0 aromatic heterocycles. The molecule has 2 aliphatic heterocycles. The number of nitrogens with zero attached hydrogens (tertiary/aromatic N) is 1. The predicted octanol–water partition coefficient (Wildman–Crippen LogP) is 1.45. The van der Waals surface area contributed by atoms with Crippen molar-refractivity contribution in [1.82, 2.24) is 0 Å². The predicted molar refractivity (Wildman–Crippen MR) is 65.3 cm³/mol. The molecule has 0 amide bonds. The molecule has 0 N–H and O–H groups in total. The fourth-order valence-corrected chi connectivity index (χ4v) is 2.35. The summed E-state index contributed by atoms with van der Waals surface area (Å²) in [5.74, 6) is 1.63. The standard InChI is InChI=1S/C13H15NO4/c1-15-10-4-3-8(5-11(10)16-2)13-9-6-17-7-12(9)18-14-13/h3-5,9,12H,6-7H2,1-2H3/t9-,12+/m0/s1. The first kappa shape index (κ1) is 11.3. The van der Waals surface area contributed by atoms with Crippen LogP contribution >= 0.6 is 0 Å². The van der Waals surface area contributed by atoms with E-state index in [0.29, 0.717) is 24.7 Å². The Balaban J connectivity index is 1.93. The summed E-state index contributed by atoms with van der Waals surface area (Å²) in [6, 6.07) is 5.76. The van der Waals surface area contributed by atoms with Crippen molar-refractivity contribution in [3.05, 3.63) is 23.8 Å². The minimum absolute atomic E-state index is 0.0631. The Kier molecular flexibility index (Phi) is 2.83. The molecule has 0 bridgehead atoms. The van der Waals surface area contributed by atoms with Gasteiger partial charge in [-0.1, -0.05) is 5.16 Å². The third-order valence-corrected chi connectivity index (χ3v) is 3.35. The van der Waals surface area contributed by atoms with Gasteiger partial charge >= 0.3 is 0 Å². The molecule has 5 heteroatoms. The van der Waals surface area contributed by atoms with Crippen LogP contribution in [-0.2, 0) is 9.57 Å². The van der Waals surface area contributed by atoms with Crippen LogP contribution in [0.2, 0.25) is 0 Å². The van der Waals surface area contributed by atoms with Gasteiger partial charge in [-0.3, -0.25) is 0 Å². The summed E-state index contributed by atoms with van der Waals surface area (Å²) < 4.78 is 15.9.